The van der Waals surface area contributed by atoms with Crippen molar-refractivity contribution >= 4 is 12.4 Å². The second-order valence-electron chi connectivity index (χ2n) is 5.21. The fraction of sp³-hybridized carbons (Fsp3) is 1.00. The van der Waals surface area contributed by atoms with E-state index in [-0.39, 0.29) is 12.4 Å². The van der Waals surface area contributed by atoms with Gasteiger partial charge in [0.15, 0.2) is 0 Å². The normalized spacial score (nSPS) is 30.8. The molecule has 0 amide bonds. The minimum absolute atomic E-state index is 0. The average molecular weight is 285 g/mol. The Hall–Kier alpha value is 0.0300. The average Bonchev–Trinajstić information content (AvgIpc) is 2.63. The molecule has 2 saturated heterocycles. The number of piperidine rings is 1. The molecule has 1 N–H and O–H groups in total. The molecule has 18 heavy (non-hydrogen) atoms. The zero-order valence-corrected chi connectivity index (χ0v) is 11.6. The number of ether oxygens (including phenoxy) is 1. The molecule has 0 aliphatic carbocycles. The molecule has 2 heterocycles. The predicted octanol–water partition coefficient (Wildman–Crippen LogP) is 1.90. The van der Waals surface area contributed by atoms with Crippen LogP contribution in [-0.2, 0) is 4.74 Å². The first kappa shape index (κ1) is 16.1. The van der Waals surface area contributed by atoms with Crippen molar-refractivity contribution in [2.75, 3.05) is 26.8 Å². The maximum absolute atomic E-state index is 11.9. The van der Waals surface area contributed by atoms with Crippen LogP contribution in [0.25, 0.3) is 0 Å². The Bertz CT molecular complexity index is 234. The van der Waals surface area contributed by atoms with E-state index in [2.05, 4.69) is 17.3 Å². The molecule has 2 bridgehead atoms. The third-order valence-corrected chi connectivity index (χ3v) is 3.90. The fourth-order valence-electron chi connectivity index (χ4n) is 2.95. The number of nitrogens with one attached hydrogen (secondary N) is 1. The van der Waals surface area contributed by atoms with Crippen LogP contribution >= 0.6 is 12.4 Å². The molecule has 2 rings (SSSR count). The molecule has 0 saturated carbocycles. The minimum Gasteiger partial charge on any atom is -0.374 e. The first-order valence-electron chi connectivity index (χ1n) is 6.47. The summed E-state index contributed by atoms with van der Waals surface area (Å²) in [5.41, 5.74) is 0. The van der Waals surface area contributed by atoms with Gasteiger partial charge in [0.25, 0.3) is 6.43 Å². The van der Waals surface area contributed by atoms with Crippen LogP contribution in [-0.4, -0.2) is 56.3 Å². The molecule has 2 atom stereocenters. The van der Waals surface area contributed by atoms with Gasteiger partial charge >= 0.3 is 0 Å². The second-order valence-corrected chi connectivity index (χ2v) is 5.21. The number of alkyl halides is 2. The molecule has 0 aromatic rings. The highest BCUT2D eigenvalue weighted by Gasteiger charge is 2.34. The Morgan fingerprint density at radius 1 is 1.28 bits per heavy atom. The molecule has 3 nitrogen and oxygen atoms in total. The molecule has 0 radical (unpaired) electrons. The Morgan fingerprint density at radius 2 is 1.89 bits per heavy atom. The molecule has 2 unspecified atom stereocenters. The summed E-state index contributed by atoms with van der Waals surface area (Å²) in [6.07, 6.45) is 2.59. The van der Waals surface area contributed by atoms with Crippen LogP contribution in [0.3, 0.4) is 0 Å². The number of rotatable bonds is 6. The lowest BCUT2D eigenvalue weighted by Crippen LogP contribution is -2.47. The number of hydrogen-bond donors (Lipinski definition) is 1. The summed E-state index contributed by atoms with van der Waals surface area (Å²) < 4.78 is 28.7. The summed E-state index contributed by atoms with van der Waals surface area (Å²) in [7, 11) is 2.07. The summed E-state index contributed by atoms with van der Waals surface area (Å²) >= 11 is 0. The van der Waals surface area contributed by atoms with Crippen molar-refractivity contribution in [1.29, 1.82) is 0 Å². The number of hydrogen-bond acceptors (Lipinski definition) is 3. The Kier molecular flexibility index (Phi) is 6.77. The third-order valence-electron chi connectivity index (χ3n) is 3.90. The summed E-state index contributed by atoms with van der Waals surface area (Å²) in [5, 5.41) is 3.60. The lowest BCUT2D eigenvalue weighted by Gasteiger charge is -2.35. The number of nitrogens with zero attached hydrogens (tertiary/aromatic N) is 1. The van der Waals surface area contributed by atoms with Crippen LogP contribution in [0.2, 0.25) is 0 Å². The SMILES string of the molecule is CN(CCOCC(F)F)C1CC2CCC(C1)N2.Cl. The van der Waals surface area contributed by atoms with E-state index >= 15 is 0 Å². The zero-order chi connectivity index (χ0) is 12.3. The van der Waals surface area contributed by atoms with Crippen LogP contribution in [0.4, 0.5) is 8.78 Å². The van der Waals surface area contributed by atoms with E-state index in [1.807, 2.05) is 0 Å². The monoisotopic (exact) mass is 284 g/mol. The maximum Gasteiger partial charge on any atom is 0.261 e. The smallest absolute Gasteiger partial charge is 0.261 e. The molecular weight excluding hydrogens is 262 g/mol. The van der Waals surface area contributed by atoms with Crippen molar-refractivity contribution in [2.24, 2.45) is 0 Å². The lowest BCUT2D eigenvalue weighted by atomic mass is 9.99. The number of likely N-dealkylation sites (N-methyl/N-ethyl adjacent to an activating group) is 1. The van der Waals surface area contributed by atoms with Crippen molar-refractivity contribution in [1.82, 2.24) is 10.2 Å². The molecule has 2 aliphatic heterocycles. The van der Waals surface area contributed by atoms with Gasteiger partial charge in [-0.05, 0) is 32.7 Å². The van der Waals surface area contributed by atoms with E-state index in [1.165, 1.54) is 25.7 Å². The quantitative estimate of drug-likeness (QED) is 0.754. The molecule has 0 aromatic heterocycles. The second kappa shape index (κ2) is 7.58. The Morgan fingerprint density at radius 3 is 2.44 bits per heavy atom. The summed E-state index contributed by atoms with van der Waals surface area (Å²) in [6, 6.07) is 1.93. The van der Waals surface area contributed by atoms with Crippen LogP contribution in [0.5, 0.6) is 0 Å². The molecule has 0 aromatic carbocycles. The van der Waals surface area contributed by atoms with Gasteiger partial charge in [-0.1, -0.05) is 0 Å². The van der Waals surface area contributed by atoms with E-state index in [0.717, 1.165) is 6.54 Å². The molecule has 2 aliphatic rings. The third kappa shape index (κ3) is 4.61. The Balaban J connectivity index is 0.00000162. The van der Waals surface area contributed by atoms with E-state index < -0.39 is 13.0 Å². The van der Waals surface area contributed by atoms with Gasteiger partial charge in [0.1, 0.15) is 6.61 Å². The standard InChI is InChI=1S/C12H22F2N2O.ClH/c1-16(4-5-17-8-12(13)14)11-6-9-2-3-10(7-11)15-9;/h9-12,15H,2-8H2,1H3;1H. The van der Waals surface area contributed by atoms with Crippen molar-refractivity contribution in [3.05, 3.63) is 0 Å². The van der Waals surface area contributed by atoms with E-state index in [0.29, 0.717) is 24.7 Å². The van der Waals surface area contributed by atoms with E-state index in [9.17, 15) is 8.78 Å². The van der Waals surface area contributed by atoms with Gasteiger partial charge in [-0.2, -0.15) is 0 Å². The van der Waals surface area contributed by atoms with Crippen LogP contribution < -0.4 is 5.32 Å². The highest BCUT2D eigenvalue weighted by atomic mass is 35.5. The number of fused-ring (bicyclic) bond motifs is 2. The largest absolute Gasteiger partial charge is 0.374 e. The highest BCUT2D eigenvalue weighted by molar-refractivity contribution is 5.85. The first-order chi connectivity index (χ1) is 8.15. The summed E-state index contributed by atoms with van der Waals surface area (Å²) in [6.45, 7) is 0.711. The number of halogens is 3. The summed E-state index contributed by atoms with van der Waals surface area (Å²) in [5.74, 6) is 0. The van der Waals surface area contributed by atoms with Gasteiger partial charge in [0.2, 0.25) is 0 Å². The molecule has 2 fully saturated rings. The predicted molar refractivity (Wildman–Crippen MR) is 69.7 cm³/mol. The van der Waals surface area contributed by atoms with E-state index in [4.69, 9.17) is 4.74 Å². The molecular formula is C12H23ClF2N2O. The summed E-state index contributed by atoms with van der Waals surface area (Å²) in [4.78, 5) is 2.26. The van der Waals surface area contributed by atoms with Crippen LogP contribution in [0.1, 0.15) is 25.7 Å². The topological polar surface area (TPSA) is 24.5 Å². The van der Waals surface area contributed by atoms with Gasteiger partial charge in [-0.3, -0.25) is 0 Å². The zero-order valence-electron chi connectivity index (χ0n) is 10.8. The van der Waals surface area contributed by atoms with Crippen molar-refractivity contribution in [2.45, 2.75) is 50.2 Å². The van der Waals surface area contributed by atoms with Gasteiger partial charge in [-0.25, -0.2) is 8.78 Å². The van der Waals surface area contributed by atoms with Gasteiger partial charge in [0.05, 0.1) is 6.61 Å². The molecule has 6 heteroatoms. The van der Waals surface area contributed by atoms with Gasteiger partial charge in [0, 0.05) is 24.7 Å². The van der Waals surface area contributed by atoms with Gasteiger partial charge < -0.3 is 15.0 Å². The molecule has 0 spiro atoms. The van der Waals surface area contributed by atoms with Crippen molar-refractivity contribution in [3.8, 4) is 0 Å². The maximum atomic E-state index is 11.9. The first-order valence-corrected chi connectivity index (χ1v) is 6.47. The van der Waals surface area contributed by atoms with E-state index in [1.54, 1.807) is 0 Å². The Labute approximate surface area is 114 Å². The van der Waals surface area contributed by atoms with Crippen molar-refractivity contribution in [3.63, 3.8) is 0 Å². The van der Waals surface area contributed by atoms with Gasteiger partial charge in [-0.15, -0.1) is 12.4 Å². The van der Waals surface area contributed by atoms with Crippen LogP contribution in [0, 0.1) is 0 Å². The highest BCUT2D eigenvalue weighted by Crippen LogP contribution is 2.28. The molecule has 108 valence electrons. The van der Waals surface area contributed by atoms with Crippen molar-refractivity contribution < 1.29 is 13.5 Å². The van der Waals surface area contributed by atoms with Crippen LogP contribution in [0.15, 0.2) is 0 Å². The fourth-order valence-corrected chi connectivity index (χ4v) is 2.95. The lowest BCUT2D eigenvalue weighted by molar-refractivity contribution is 0.00667. The minimum atomic E-state index is -2.35.